The summed E-state index contributed by atoms with van der Waals surface area (Å²) in [5, 5.41) is 19.5. The molecule has 0 radical (unpaired) electrons. The number of nitrogen functional groups attached to an aromatic ring is 1. The fourth-order valence-electron chi connectivity index (χ4n) is 3.46. The molecule has 0 saturated heterocycles. The van der Waals surface area contributed by atoms with Crippen LogP contribution in [0.1, 0.15) is 16.7 Å². The summed E-state index contributed by atoms with van der Waals surface area (Å²) in [5.41, 5.74) is 11.3. The SMILES string of the molecule is Nc1n[nH]c2c3c(c(NCCO)nc12)CN(Cc1ccccc1)CC3. The standard InChI is InChI=1S/C18H22N6O/c19-17-16-15(22-23-17)13-6-8-24(10-12-4-2-1-3-5-12)11-14(13)18(21-16)20-7-9-25/h1-5,25H,6-11H2,(H,20,21)(H3,19,22,23). The van der Waals surface area contributed by atoms with Crippen molar-refractivity contribution in [1.29, 1.82) is 0 Å². The topological polar surface area (TPSA) is 103 Å². The van der Waals surface area contributed by atoms with E-state index in [1.165, 1.54) is 11.1 Å². The van der Waals surface area contributed by atoms with E-state index >= 15 is 0 Å². The van der Waals surface area contributed by atoms with Gasteiger partial charge >= 0.3 is 0 Å². The molecule has 0 fully saturated rings. The number of anilines is 2. The maximum Gasteiger partial charge on any atom is 0.171 e. The normalized spacial score (nSPS) is 14.6. The lowest BCUT2D eigenvalue weighted by Crippen LogP contribution is -2.31. The summed E-state index contributed by atoms with van der Waals surface area (Å²) in [5.74, 6) is 1.21. The molecule has 25 heavy (non-hydrogen) atoms. The molecule has 0 unspecified atom stereocenters. The van der Waals surface area contributed by atoms with Crippen LogP contribution in [0.4, 0.5) is 11.6 Å². The van der Waals surface area contributed by atoms with Gasteiger partial charge in [-0.2, -0.15) is 5.10 Å². The molecule has 1 aliphatic heterocycles. The lowest BCUT2D eigenvalue weighted by molar-refractivity contribution is 0.246. The molecule has 0 atom stereocenters. The molecule has 0 saturated carbocycles. The molecule has 7 heteroatoms. The van der Waals surface area contributed by atoms with Crippen LogP contribution in [0.25, 0.3) is 11.0 Å². The van der Waals surface area contributed by atoms with Gasteiger partial charge in [-0.1, -0.05) is 30.3 Å². The first kappa shape index (κ1) is 15.9. The van der Waals surface area contributed by atoms with E-state index in [4.69, 9.17) is 10.8 Å². The number of pyridine rings is 1. The Labute approximate surface area is 145 Å². The van der Waals surface area contributed by atoms with Crippen LogP contribution in [0.3, 0.4) is 0 Å². The predicted octanol–water partition coefficient (Wildman–Crippen LogP) is 1.50. The van der Waals surface area contributed by atoms with Crippen molar-refractivity contribution in [3.05, 3.63) is 47.0 Å². The van der Waals surface area contributed by atoms with E-state index in [0.717, 1.165) is 43.0 Å². The van der Waals surface area contributed by atoms with Gasteiger partial charge in [-0.25, -0.2) is 4.98 Å². The van der Waals surface area contributed by atoms with Crippen molar-refractivity contribution in [2.45, 2.75) is 19.5 Å². The Kier molecular flexibility index (Phi) is 4.25. The molecule has 0 aliphatic carbocycles. The first-order valence-electron chi connectivity index (χ1n) is 8.52. The Morgan fingerprint density at radius 3 is 2.88 bits per heavy atom. The summed E-state index contributed by atoms with van der Waals surface area (Å²) in [6.45, 7) is 3.20. The number of nitrogens with one attached hydrogen (secondary N) is 2. The second kappa shape index (κ2) is 6.70. The third-order valence-electron chi connectivity index (χ3n) is 4.66. The van der Waals surface area contributed by atoms with E-state index in [-0.39, 0.29) is 6.61 Å². The van der Waals surface area contributed by atoms with E-state index in [2.05, 4.69) is 49.7 Å². The Morgan fingerprint density at radius 1 is 1.24 bits per heavy atom. The molecule has 3 heterocycles. The van der Waals surface area contributed by atoms with Crippen molar-refractivity contribution < 1.29 is 5.11 Å². The monoisotopic (exact) mass is 338 g/mol. The summed E-state index contributed by atoms with van der Waals surface area (Å²) in [6.07, 6.45) is 0.913. The Bertz CT molecular complexity index is 876. The minimum Gasteiger partial charge on any atom is -0.395 e. The molecule has 130 valence electrons. The van der Waals surface area contributed by atoms with Gasteiger partial charge in [-0.3, -0.25) is 10.00 Å². The smallest absolute Gasteiger partial charge is 0.171 e. The number of fused-ring (bicyclic) bond motifs is 3. The van der Waals surface area contributed by atoms with Crippen LogP contribution in [-0.4, -0.2) is 44.9 Å². The highest BCUT2D eigenvalue weighted by Gasteiger charge is 2.24. The van der Waals surface area contributed by atoms with Crippen molar-refractivity contribution in [1.82, 2.24) is 20.1 Å². The molecular formula is C18H22N6O. The number of aliphatic hydroxyl groups excluding tert-OH is 1. The number of hydrogen-bond acceptors (Lipinski definition) is 6. The fourth-order valence-corrected chi connectivity index (χ4v) is 3.46. The van der Waals surface area contributed by atoms with Crippen LogP contribution < -0.4 is 11.1 Å². The van der Waals surface area contributed by atoms with Crippen molar-refractivity contribution in [2.24, 2.45) is 0 Å². The molecule has 4 rings (SSSR count). The molecule has 0 bridgehead atoms. The van der Waals surface area contributed by atoms with Gasteiger partial charge in [0.2, 0.25) is 0 Å². The highest BCUT2D eigenvalue weighted by Crippen LogP contribution is 2.32. The van der Waals surface area contributed by atoms with Crippen LogP contribution in [-0.2, 0) is 19.5 Å². The zero-order valence-electron chi connectivity index (χ0n) is 14.0. The van der Waals surface area contributed by atoms with Crippen LogP contribution in [0.5, 0.6) is 0 Å². The van der Waals surface area contributed by atoms with Crippen LogP contribution in [0.15, 0.2) is 30.3 Å². The average molecular weight is 338 g/mol. The third kappa shape index (κ3) is 3.04. The Morgan fingerprint density at radius 2 is 2.08 bits per heavy atom. The summed E-state index contributed by atoms with van der Waals surface area (Å²) in [7, 11) is 0. The van der Waals surface area contributed by atoms with Crippen LogP contribution in [0, 0.1) is 0 Å². The van der Waals surface area contributed by atoms with E-state index < -0.39 is 0 Å². The molecule has 5 N–H and O–H groups in total. The molecule has 1 aromatic carbocycles. The number of rotatable bonds is 5. The first-order chi connectivity index (χ1) is 12.3. The third-order valence-corrected chi connectivity index (χ3v) is 4.66. The Balaban J connectivity index is 1.68. The second-order valence-electron chi connectivity index (χ2n) is 6.35. The lowest BCUT2D eigenvalue weighted by Gasteiger charge is -2.30. The predicted molar refractivity (Wildman–Crippen MR) is 98.1 cm³/mol. The van der Waals surface area contributed by atoms with Gasteiger partial charge in [0.15, 0.2) is 5.82 Å². The maximum atomic E-state index is 9.16. The minimum atomic E-state index is 0.0586. The highest BCUT2D eigenvalue weighted by atomic mass is 16.3. The van der Waals surface area contributed by atoms with Gasteiger partial charge in [-0.15, -0.1) is 0 Å². The van der Waals surface area contributed by atoms with Crippen molar-refractivity contribution in [3.63, 3.8) is 0 Å². The second-order valence-corrected chi connectivity index (χ2v) is 6.35. The summed E-state index contributed by atoms with van der Waals surface area (Å²) in [6, 6.07) is 10.5. The summed E-state index contributed by atoms with van der Waals surface area (Å²) in [4.78, 5) is 7.07. The van der Waals surface area contributed by atoms with E-state index in [1.54, 1.807) is 0 Å². The maximum absolute atomic E-state index is 9.16. The zero-order chi connectivity index (χ0) is 17.2. The molecule has 1 aliphatic rings. The summed E-state index contributed by atoms with van der Waals surface area (Å²) < 4.78 is 0. The molecule has 7 nitrogen and oxygen atoms in total. The number of aromatic nitrogens is 3. The van der Waals surface area contributed by atoms with Gasteiger partial charge in [0, 0.05) is 31.7 Å². The number of aromatic amines is 1. The van der Waals surface area contributed by atoms with Crippen molar-refractivity contribution in [3.8, 4) is 0 Å². The largest absolute Gasteiger partial charge is 0.395 e. The molecule has 0 spiro atoms. The van der Waals surface area contributed by atoms with Crippen LogP contribution in [0.2, 0.25) is 0 Å². The van der Waals surface area contributed by atoms with Gasteiger partial charge in [-0.05, 0) is 17.5 Å². The number of nitrogens with zero attached hydrogens (tertiary/aromatic N) is 3. The van der Waals surface area contributed by atoms with Gasteiger partial charge in [0.25, 0.3) is 0 Å². The minimum absolute atomic E-state index is 0.0586. The first-order valence-corrected chi connectivity index (χ1v) is 8.52. The highest BCUT2D eigenvalue weighted by molar-refractivity contribution is 5.90. The number of benzene rings is 1. The number of nitrogens with two attached hydrogens (primary N) is 1. The van der Waals surface area contributed by atoms with Gasteiger partial charge in [0.05, 0.1) is 12.1 Å². The Hall–Kier alpha value is -2.64. The number of hydrogen-bond donors (Lipinski definition) is 4. The van der Waals surface area contributed by atoms with Crippen molar-refractivity contribution in [2.75, 3.05) is 30.7 Å². The van der Waals surface area contributed by atoms with E-state index in [0.29, 0.717) is 17.9 Å². The quantitative estimate of drug-likeness (QED) is 0.562. The van der Waals surface area contributed by atoms with E-state index in [9.17, 15) is 0 Å². The fraction of sp³-hybridized carbons (Fsp3) is 0.333. The van der Waals surface area contributed by atoms with Crippen molar-refractivity contribution >= 4 is 22.7 Å². The van der Waals surface area contributed by atoms with Crippen LogP contribution >= 0.6 is 0 Å². The average Bonchev–Trinajstić information content (AvgIpc) is 3.01. The molecular weight excluding hydrogens is 316 g/mol. The van der Waals surface area contributed by atoms with E-state index in [1.807, 2.05) is 6.07 Å². The van der Waals surface area contributed by atoms with Gasteiger partial charge in [0.1, 0.15) is 11.3 Å². The molecule has 3 aromatic rings. The zero-order valence-corrected chi connectivity index (χ0v) is 14.0. The lowest BCUT2D eigenvalue weighted by atomic mass is 9.98. The molecule has 2 aromatic heterocycles. The van der Waals surface area contributed by atoms with Gasteiger partial charge < -0.3 is 16.2 Å². The summed E-state index contributed by atoms with van der Waals surface area (Å²) >= 11 is 0. The number of aliphatic hydroxyl groups is 1. The number of H-pyrrole nitrogens is 1. The molecule has 0 amide bonds.